The summed E-state index contributed by atoms with van der Waals surface area (Å²) in [6.45, 7) is 0. The molecule has 80 valence electrons. The van der Waals surface area contributed by atoms with Gasteiger partial charge in [-0.05, 0) is 34.7 Å². The van der Waals surface area contributed by atoms with Crippen LogP contribution < -0.4 is 0 Å². The van der Waals surface area contributed by atoms with Crippen LogP contribution in [0.1, 0.15) is 0 Å². The summed E-state index contributed by atoms with van der Waals surface area (Å²) in [7, 11) is 1.58. The second kappa shape index (κ2) is 4.04. The van der Waals surface area contributed by atoms with Gasteiger partial charge in [0.25, 0.3) is 9.05 Å². The zero-order valence-electron chi connectivity index (χ0n) is 7.09. The van der Waals surface area contributed by atoms with Crippen molar-refractivity contribution in [2.75, 3.05) is 0 Å². The molecule has 0 atom stereocenters. The first kappa shape index (κ1) is 11.4. The summed E-state index contributed by atoms with van der Waals surface area (Å²) in [4.78, 5) is 0. The normalized spacial score (nSPS) is 11.9. The van der Waals surface area contributed by atoms with Crippen molar-refractivity contribution in [3.05, 3.63) is 28.1 Å². The van der Waals surface area contributed by atoms with E-state index >= 15 is 0 Å². The molecule has 0 spiro atoms. The third-order valence-corrected chi connectivity index (χ3v) is 5.31. The van der Waals surface area contributed by atoms with E-state index in [0.29, 0.717) is 0 Å². The van der Waals surface area contributed by atoms with Gasteiger partial charge in [0.05, 0.1) is 9.77 Å². The van der Waals surface area contributed by atoms with E-state index in [1.807, 2.05) is 0 Å². The highest BCUT2D eigenvalue weighted by molar-refractivity contribution is 14.1. The fraction of sp³-hybridized carbons (Fsp3) is 0. The van der Waals surface area contributed by atoms with Gasteiger partial charge in [-0.15, -0.1) is 11.3 Å². The van der Waals surface area contributed by atoms with Crippen molar-refractivity contribution in [2.24, 2.45) is 0 Å². The van der Waals surface area contributed by atoms with E-state index in [2.05, 4.69) is 27.7 Å². The van der Waals surface area contributed by atoms with E-state index in [0.717, 1.165) is 19.9 Å². The van der Waals surface area contributed by atoms with Crippen LogP contribution >= 0.6 is 44.6 Å². The summed E-state index contributed by atoms with van der Waals surface area (Å²) in [5.41, 5.74) is 0. The molecule has 0 amide bonds. The Morgan fingerprint density at radius 1 is 1.47 bits per heavy atom. The first-order valence-electron chi connectivity index (χ1n) is 3.72. The number of nitrogens with zero attached hydrogens (tertiary/aromatic N) is 2. The lowest BCUT2D eigenvalue weighted by Crippen LogP contribution is -1.89. The third kappa shape index (κ3) is 2.52. The zero-order chi connectivity index (χ0) is 11.1. The van der Waals surface area contributed by atoms with Crippen LogP contribution in [-0.4, -0.2) is 18.2 Å². The lowest BCUT2D eigenvalue weighted by Gasteiger charge is -1.93. The Bertz CT molecular complexity index is 590. The van der Waals surface area contributed by atoms with Gasteiger partial charge in [-0.25, -0.2) is 13.1 Å². The second-order valence-electron chi connectivity index (χ2n) is 2.63. The summed E-state index contributed by atoms with van der Waals surface area (Å²) in [5, 5.41) is 4.78. The van der Waals surface area contributed by atoms with Crippen molar-refractivity contribution >= 4 is 53.7 Å². The maximum absolute atomic E-state index is 11.0. The van der Waals surface area contributed by atoms with Crippen LogP contribution in [0.25, 0.3) is 5.00 Å². The van der Waals surface area contributed by atoms with Crippen LogP contribution in [0.3, 0.4) is 0 Å². The monoisotopic (exact) mass is 374 g/mol. The van der Waals surface area contributed by atoms with Crippen molar-refractivity contribution in [1.29, 1.82) is 0 Å². The molecule has 2 aromatic rings. The molecular formula is C7H4ClIN2O2S2. The van der Waals surface area contributed by atoms with Crippen molar-refractivity contribution in [3.63, 3.8) is 0 Å². The molecule has 0 aliphatic heterocycles. The summed E-state index contributed by atoms with van der Waals surface area (Å²) in [6.07, 6.45) is 3.49. The summed E-state index contributed by atoms with van der Waals surface area (Å²) >= 11 is 3.21. The predicted octanol–water partition coefficient (Wildman–Crippen LogP) is 2.47. The molecule has 2 aromatic heterocycles. The number of rotatable bonds is 2. The van der Waals surface area contributed by atoms with E-state index < -0.39 is 9.05 Å². The minimum atomic E-state index is -3.64. The lowest BCUT2D eigenvalue weighted by atomic mass is 10.6. The molecule has 4 nitrogen and oxygen atoms in total. The third-order valence-electron chi connectivity index (χ3n) is 1.58. The molecule has 2 rings (SSSR count). The van der Waals surface area contributed by atoms with Gasteiger partial charge in [0.15, 0.2) is 0 Å². The first-order chi connectivity index (χ1) is 6.97. The Morgan fingerprint density at radius 2 is 2.20 bits per heavy atom. The highest BCUT2D eigenvalue weighted by Crippen LogP contribution is 2.27. The van der Waals surface area contributed by atoms with Crippen molar-refractivity contribution in [1.82, 2.24) is 9.78 Å². The van der Waals surface area contributed by atoms with E-state index in [1.165, 1.54) is 6.07 Å². The van der Waals surface area contributed by atoms with Crippen LogP contribution in [0.15, 0.2) is 28.7 Å². The SMILES string of the molecule is O=S(=O)(Cl)c1ccc(-n2cc(I)cn2)s1. The van der Waals surface area contributed by atoms with E-state index in [9.17, 15) is 8.42 Å². The molecule has 0 N–H and O–H groups in total. The van der Waals surface area contributed by atoms with Crippen LogP contribution in [0.4, 0.5) is 0 Å². The Balaban J connectivity index is 2.44. The molecule has 0 saturated carbocycles. The quantitative estimate of drug-likeness (QED) is 0.599. The molecule has 0 aliphatic carbocycles. The zero-order valence-corrected chi connectivity index (χ0v) is 11.6. The molecule has 0 aromatic carbocycles. The average Bonchev–Trinajstić information content (AvgIpc) is 2.69. The fourth-order valence-electron chi connectivity index (χ4n) is 0.986. The van der Waals surface area contributed by atoms with Gasteiger partial charge >= 0.3 is 0 Å². The predicted molar refractivity (Wildman–Crippen MR) is 67.2 cm³/mol. The number of aromatic nitrogens is 2. The highest BCUT2D eigenvalue weighted by atomic mass is 127. The van der Waals surface area contributed by atoms with Gasteiger partial charge < -0.3 is 0 Å². The van der Waals surface area contributed by atoms with Crippen LogP contribution in [0.2, 0.25) is 0 Å². The molecule has 2 heterocycles. The van der Waals surface area contributed by atoms with Crippen LogP contribution in [0, 0.1) is 3.57 Å². The molecule has 8 heteroatoms. The largest absolute Gasteiger partial charge is 0.270 e. The van der Waals surface area contributed by atoms with Gasteiger partial charge in [0.2, 0.25) is 0 Å². The average molecular weight is 375 g/mol. The van der Waals surface area contributed by atoms with E-state index in [-0.39, 0.29) is 4.21 Å². The number of hydrogen-bond acceptors (Lipinski definition) is 4. The molecular weight excluding hydrogens is 371 g/mol. The smallest absolute Gasteiger partial charge is 0.230 e. The molecule has 0 fully saturated rings. The van der Waals surface area contributed by atoms with Gasteiger partial charge in [-0.3, -0.25) is 0 Å². The van der Waals surface area contributed by atoms with Crippen molar-refractivity contribution in [3.8, 4) is 5.00 Å². The van der Waals surface area contributed by atoms with Gasteiger partial charge in [0, 0.05) is 16.9 Å². The number of halogens is 2. The van der Waals surface area contributed by atoms with Crippen LogP contribution in [0.5, 0.6) is 0 Å². The second-order valence-corrected chi connectivity index (χ2v) is 7.73. The van der Waals surface area contributed by atoms with Gasteiger partial charge in [-0.2, -0.15) is 5.10 Å². The molecule has 0 bridgehead atoms. The van der Waals surface area contributed by atoms with E-state index in [4.69, 9.17) is 10.7 Å². The van der Waals surface area contributed by atoms with Crippen molar-refractivity contribution in [2.45, 2.75) is 4.21 Å². The summed E-state index contributed by atoms with van der Waals surface area (Å²) in [6, 6.07) is 3.14. The highest BCUT2D eigenvalue weighted by Gasteiger charge is 2.14. The Labute approximate surface area is 108 Å². The topological polar surface area (TPSA) is 52.0 Å². The van der Waals surface area contributed by atoms with E-state index in [1.54, 1.807) is 23.1 Å². The summed E-state index contributed by atoms with van der Waals surface area (Å²) in [5.74, 6) is 0. The molecule has 0 radical (unpaired) electrons. The standard InChI is InChI=1S/C7H4ClIN2O2S2/c8-15(12,13)7-2-1-6(14-7)11-4-5(9)3-10-11/h1-4H. The van der Waals surface area contributed by atoms with Gasteiger partial charge in [0.1, 0.15) is 9.21 Å². The Kier molecular flexibility index (Phi) is 3.06. The van der Waals surface area contributed by atoms with Crippen molar-refractivity contribution < 1.29 is 8.42 Å². The molecule has 0 unspecified atom stereocenters. The Morgan fingerprint density at radius 3 is 2.67 bits per heavy atom. The summed E-state index contributed by atoms with van der Waals surface area (Å²) < 4.78 is 24.8. The Hall–Kier alpha value is -0.120. The minimum absolute atomic E-state index is 0.129. The molecule has 0 saturated heterocycles. The maximum Gasteiger partial charge on any atom is 0.270 e. The van der Waals surface area contributed by atoms with Crippen LogP contribution in [-0.2, 0) is 9.05 Å². The maximum atomic E-state index is 11.0. The first-order valence-corrected chi connectivity index (χ1v) is 7.92. The molecule has 15 heavy (non-hydrogen) atoms. The lowest BCUT2D eigenvalue weighted by molar-refractivity contribution is 0.611. The number of thiophene rings is 1. The minimum Gasteiger partial charge on any atom is -0.230 e. The van der Waals surface area contributed by atoms with Gasteiger partial charge in [-0.1, -0.05) is 0 Å². The number of hydrogen-bond donors (Lipinski definition) is 0. The fourth-order valence-corrected chi connectivity index (χ4v) is 3.37. The molecule has 0 aliphatic rings.